The summed E-state index contributed by atoms with van der Waals surface area (Å²) in [4.78, 5) is 53.4. The summed E-state index contributed by atoms with van der Waals surface area (Å²) >= 11 is 9.74. The zero-order valence-corrected chi connectivity index (χ0v) is 30.2. The number of nitrogens with one attached hydrogen (secondary N) is 2. The molecule has 16 heteroatoms. The molecule has 2 aliphatic heterocycles. The zero-order chi connectivity index (χ0) is 34.6. The van der Waals surface area contributed by atoms with Gasteiger partial charge in [0.05, 0.1) is 13.1 Å². The Balaban J connectivity index is 0.000000201. The van der Waals surface area contributed by atoms with E-state index in [0.717, 1.165) is 46.5 Å². The minimum atomic E-state index is -0.493. The maximum atomic E-state index is 12.3. The summed E-state index contributed by atoms with van der Waals surface area (Å²) in [6, 6.07) is 20.9. The van der Waals surface area contributed by atoms with E-state index in [-0.39, 0.29) is 38.1 Å². The Bertz CT molecular complexity index is 1760. The topological polar surface area (TPSA) is 130 Å². The molecule has 0 atom stereocenters. The monoisotopic (exact) mass is 768 g/mol. The average molecular weight is 770 g/mol. The van der Waals surface area contributed by atoms with Gasteiger partial charge in [-0.1, -0.05) is 60.7 Å². The van der Waals surface area contributed by atoms with Gasteiger partial charge in [-0.25, -0.2) is 9.59 Å². The quantitative estimate of drug-likeness (QED) is 0.148. The van der Waals surface area contributed by atoms with Crippen LogP contribution in [-0.2, 0) is 45.4 Å². The second-order valence-electron chi connectivity index (χ2n) is 10.5. The summed E-state index contributed by atoms with van der Waals surface area (Å²) < 4.78 is 14.3. The van der Waals surface area contributed by atoms with Crippen LogP contribution < -0.4 is 10.6 Å². The number of ether oxygens (including phenoxy) is 2. The number of hydrogen-bond acceptors (Lipinski definition) is 10. The first-order valence-corrected chi connectivity index (χ1v) is 17.3. The predicted octanol–water partition coefficient (Wildman–Crippen LogP) is 7.24. The van der Waals surface area contributed by atoms with E-state index < -0.39 is 12.2 Å². The van der Waals surface area contributed by atoms with E-state index in [1.54, 1.807) is 0 Å². The molecule has 0 aliphatic carbocycles. The molecule has 11 nitrogen and oxygen atoms in total. The second-order valence-corrected chi connectivity index (χ2v) is 14.0. The van der Waals surface area contributed by atoms with Gasteiger partial charge in [-0.15, -0.1) is 22.7 Å². The van der Waals surface area contributed by atoms with E-state index in [9.17, 15) is 19.2 Å². The number of amides is 4. The van der Waals surface area contributed by atoms with Crippen LogP contribution >= 0.6 is 51.4 Å². The summed E-state index contributed by atoms with van der Waals surface area (Å²) in [5.74, 6) is -0.411. The molecule has 4 heterocycles. The van der Waals surface area contributed by atoms with Crippen molar-refractivity contribution in [1.82, 2.24) is 9.80 Å². The Kier molecular flexibility index (Phi) is 13.8. The fourth-order valence-corrected chi connectivity index (χ4v) is 7.28. The number of carbonyl (C=O) groups excluding carboxylic acids is 4. The molecule has 0 fully saturated rings. The molecule has 0 saturated carbocycles. The Morgan fingerprint density at radius 1 is 0.833 bits per heavy atom. The van der Waals surface area contributed by atoms with Gasteiger partial charge in [0.15, 0.2) is 0 Å². The third-order valence-electron chi connectivity index (χ3n) is 6.85. The summed E-state index contributed by atoms with van der Waals surface area (Å²) in [7, 11) is 4.34. The van der Waals surface area contributed by atoms with Gasteiger partial charge in [0, 0.05) is 25.4 Å². The molecule has 48 heavy (non-hydrogen) atoms. The number of rotatable bonds is 4. The molecule has 2 aliphatic rings. The zero-order valence-electron chi connectivity index (χ0n) is 26.1. The number of benzene rings is 2. The van der Waals surface area contributed by atoms with Crippen LogP contribution in [0.1, 0.15) is 32.0 Å². The Morgan fingerprint density at radius 3 is 1.83 bits per heavy atom. The molecule has 4 amide bonds. The van der Waals surface area contributed by atoms with Crippen molar-refractivity contribution in [2.45, 2.75) is 40.2 Å². The van der Waals surface area contributed by atoms with Gasteiger partial charge in [-0.3, -0.25) is 19.4 Å². The number of thiophene rings is 2. The van der Waals surface area contributed by atoms with Crippen molar-refractivity contribution in [2.24, 2.45) is 4.30 Å². The van der Waals surface area contributed by atoms with Crippen LogP contribution in [0.3, 0.4) is 0 Å². The van der Waals surface area contributed by atoms with Crippen molar-refractivity contribution < 1.29 is 28.7 Å². The van der Waals surface area contributed by atoms with Crippen LogP contribution in [0, 0.1) is 13.8 Å². The number of thiol groups is 1. The van der Waals surface area contributed by atoms with Crippen LogP contribution in [0.2, 0.25) is 0 Å². The van der Waals surface area contributed by atoms with Gasteiger partial charge in [0.1, 0.15) is 36.3 Å². The third-order valence-corrected chi connectivity index (χ3v) is 10.3. The first-order chi connectivity index (χ1) is 23.1. The Labute approximate surface area is 301 Å². The van der Waals surface area contributed by atoms with Gasteiger partial charge >= 0.3 is 36.9 Å². The van der Waals surface area contributed by atoms with E-state index in [0.29, 0.717) is 13.1 Å². The van der Waals surface area contributed by atoms with Crippen molar-refractivity contribution in [3.05, 3.63) is 103 Å². The standard InChI is InChI=1S/C16H15BrN2O3S.C16H16N2O3S.BHNS/c1-10-14(17)12-7-19(8-13(20)18-15(12)23-10)16(21)22-9-11-5-3-2-4-6-11;1-11-7-13-8-18(9-14(19)17-15(13)22-11)16(20)21-10-12-5-3-2-4-6-12;1-2-3/h2-6H,7-9H2,1H3,(H,18,20);2-7H,8-10H2,1H3,(H,17,19);3H. The van der Waals surface area contributed by atoms with E-state index in [2.05, 4.69) is 51.3 Å². The Morgan fingerprint density at radius 2 is 1.31 bits per heavy atom. The van der Waals surface area contributed by atoms with Crippen LogP contribution in [0.15, 0.2) is 75.5 Å². The molecule has 2 N–H and O–H groups in total. The normalized spacial score (nSPS) is 13.4. The SMILES string of the molecule is Cc1cc2c(s1)NC(=O)CN(C(=O)OCc1ccccc1)C2.Cc1sc2c(c1Br)CN(C(=O)OCc1ccccc1)CC(=O)N2.[B]=NS. The maximum absolute atomic E-state index is 12.3. The van der Waals surface area contributed by atoms with Crippen molar-refractivity contribution in [3.8, 4) is 0 Å². The number of anilines is 2. The summed E-state index contributed by atoms with van der Waals surface area (Å²) in [6.45, 7) is 5.05. The third kappa shape index (κ3) is 10.5. The molecular weight excluding hydrogens is 737 g/mol. The fraction of sp³-hybridized carbons (Fsp3) is 0.250. The number of carbonyl (C=O) groups is 4. The molecular formula is C32H32BBrN5O6S3. The molecule has 0 bridgehead atoms. The molecule has 0 unspecified atom stereocenters. The molecule has 6 rings (SSSR count). The van der Waals surface area contributed by atoms with Gasteiger partial charge in [-0.05, 0) is 47.0 Å². The fourth-order valence-electron chi connectivity index (χ4n) is 4.67. The molecule has 2 aromatic carbocycles. The number of aryl methyl sites for hydroxylation is 2. The van der Waals surface area contributed by atoms with Gasteiger partial charge < -0.3 is 20.1 Å². The van der Waals surface area contributed by atoms with E-state index in [1.807, 2.05) is 80.6 Å². The first-order valence-electron chi connectivity index (χ1n) is 14.5. The van der Waals surface area contributed by atoms with E-state index in [1.165, 1.54) is 32.5 Å². The van der Waals surface area contributed by atoms with Crippen molar-refractivity contribution in [3.63, 3.8) is 0 Å². The molecule has 249 valence electrons. The van der Waals surface area contributed by atoms with Crippen molar-refractivity contribution >= 4 is 93.1 Å². The van der Waals surface area contributed by atoms with Crippen LogP contribution in [0.5, 0.6) is 0 Å². The average Bonchev–Trinajstić information content (AvgIpc) is 3.40. The van der Waals surface area contributed by atoms with E-state index >= 15 is 0 Å². The summed E-state index contributed by atoms with van der Waals surface area (Å²) in [6.07, 6.45) is -0.969. The van der Waals surface area contributed by atoms with Gasteiger partial charge in [-0.2, -0.15) is 0 Å². The molecule has 0 saturated heterocycles. The number of hydrogen-bond donors (Lipinski definition) is 3. The molecule has 0 spiro atoms. The van der Waals surface area contributed by atoms with Crippen molar-refractivity contribution in [2.75, 3.05) is 23.7 Å². The van der Waals surface area contributed by atoms with Crippen molar-refractivity contribution in [1.29, 1.82) is 0 Å². The number of nitrogens with zero attached hydrogens (tertiary/aromatic N) is 3. The van der Waals surface area contributed by atoms with E-state index in [4.69, 9.17) is 9.47 Å². The Hall–Kier alpha value is -3.99. The number of halogens is 1. The number of fused-ring (bicyclic) bond motifs is 2. The van der Waals surface area contributed by atoms with Crippen LogP contribution in [-0.4, -0.2) is 54.5 Å². The van der Waals surface area contributed by atoms with Crippen LogP contribution in [0.25, 0.3) is 0 Å². The summed E-state index contributed by atoms with van der Waals surface area (Å²) in [5.41, 5.74) is 3.69. The second kappa shape index (κ2) is 18.0. The summed E-state index contributed by atoms with van der Waals surface area (Å²) in [5, 5.41) is 7.28. The van der Waals surface area contributed by atoms with Gasteiger partial charge in [0.25, 0.3) is 0 Å². The molecule has 1 radical (unpaired) electrons. The van der Waals surface area contributed by atoms with Gasteiger partial charge in [0.2, 0.25) is 11.8 Å². The van der Waals surface area contributed by atoms with Crippen LogP contribution in [0.4, 0.5) is 19.6 Å². The first kappa shape index (κ1) is 36.8. The molecule has 2 aromatic heterocycles. The predicted molar refractivity (Wildman–Crippen MR) is 194 cm³/mol. The molecule has 4 aromatic rings. The minimum absolute atomic E-state index is 0.00801.